The lowest BCUT2D eigenvalue weighted by Crippen LogP contribution is -2.23. The molecule has 1 aromatic heterocycles. The number of nitrogens with zero attached hydrogens (tertiary/aromatic N) is 1. The average molecular weight is 391 g/mol. The first-order chi connectivity index (χ1) is 12.6. The van der Waals surface area contributed by atoms with E-state index >= 15 is 0 Å². The first kappa shape index (κ1) is 16.8. The number of aromatic nitrogens is 1. The Morgan fingerprint density at radius 3 is 2.77 bits per heavy atom. The first-order valence-electron chi connectivity index (χ1n) is 7.69. The van der Waals surface area contributed by atoms with Crippen molar-refractivity contribution in [3.05, 3.63) is 63.8 Å². The summed E-state index contributed by atoms with van der Waals surface area (Å²) in [6.07, 6.45) is 0. The third-order valence-corrected chi connectivity index (χ3v) is 4.37. The van der Waals surface area contributed by atoms with Crippen molar-refractivity contribution in [1.82, 2.24) is 10.5 Å². The number of rotatable bonds is 4. The van der Waals surface area contributed by atoms with Crippen molar-refractivity contribution in [3.8, 4) is 22.8 Å². The number of carbonyl (C=O) groups excluding carboxylic acids is 1. The Balaban J connectivity index is 1.44. The Kier molecular flexibility index (Phi) is 4.44. The lowest BCUT2D eigenvalue weighted by Gasteiger charge is -2.05. The van der Waals surface area contributed by atoms with Crippen molar-refractivity contribution in [2.75, 3.05) is 6.79 Å². The van der Waals surface area contributed by atoms with E-state index in [9.17, 15) is 4.79 Å². The SMILES string of the molecule is O=C(NCc1cc(-c2ccc3c(c2)OCO3)on1)c1ccc(Cl)cc1Cl. The zero-order valence-electron chi connectivity index (χ0n) is 13.3. The summed E-state index contributed by atoms with van der Waals surface area (Å²) in [5.74, 6) is 1.60. The van der Waals surface area contributed by atoms with Gasteiger partial charge in [0.25, 0.3) is 5.91 Å². The summed E-state index contributed by atoms with van der Waals surface area (Å²) in [7, 11) is 0. The summed E-state index contributed by atoms with van der Waals surface area (Å²) in [5.41, 5.74) is 1.73. The van der Waals surface area contributed by atoms with Gasteiger partial charge < -0.3 is 19.3 Å². The van der Waals surface area contributed by atoms with Crippen molar-refractivity contribution in [2.45, 2.75) is 6.54 Å². The zero-order valence-corrected chi connectivity index (χ0v) is 14.8. The van der Waals surface area contributed by atoms with E-state index in [0.29, 0.717) is 33.5 Å². The molecular formula is C18H12Cl2N2O4. The minimum atomic E-state index is -0.320. The summed E-state index contributed by atoms with van der Waals surface area (Å²) in [4.78, 5) is 12.2. The van der Waals surface area contributed by atoms with Gasteiger partial charge in [0.15, 0.2) is 17.3 Å². The first-order valence-corrected chi connectivity index (χ1v) is 8.44. The molecule has 1 N–H and O–H groups in total. The monoisotopic (exact) mass is 390 g/mol. The lowest BCUT2D eigenvalue weighted by atomic mass is 10.1. The van der Waals surface area contributed by atoms with Crippen molar-refractivity contribution in [2.24, 2.45) is 0 Å². The van der Waals surface area contributed by atoms with Crippen LogP contribution in [0.25, 0.3) is 11.3 Å². The Morgan fingerprint density at radius 1 is 1.08 bits per heavy atom. The predicted octanol–water partition coefficient (Wildman–Crippen LogP) is 4.31. The Morgan fingerprint density at radius 2 is 1.92 bits per heavy atom. The van der Waals surface area contributed by atoms with Crippen LogP contribution < -0.4 is 14.8 Å². The van der Waals surface area contributed by atoms with E-state index in [1.807, 2.05) is 18.2 Å². The highest BCUT2D eigenvalue weighted by Crippen LogP contribution is 2.36. The second-order valence-electron chi connectivity index (χ2n) is 5.56. The molecule has 0 aliphatic carbocycles. The van der Waals surface area contributed by atoms with Gasteiger partial charge >= 0.3 is 0 Å². The lowest BCUT2D eigenvalue weighted by molar-refractivity contribution is 0.0950. The molecule has 0 atom stereocenters. The van der Waals surface area contributed by atoms with Gasteiger partial charge in [-0.15, -0.1) is 0 Å². The van der Waals surface area contributed by atoms with Crippen molar-refractivity contribution in [3.63, 3.8) is 0 Å². The van der Waals surface area contributed by atoms with Crippen LogP contribution in [0.3, 0.4) is 0 Å². The number of carbonyl (C=O) groups is 1. The molecule has 2 heterocycles. The van der Waals surface area contributed by atoms with E-state index in [1.165, 1.54) is 6.07 Å². The summed E-state index contributed by atoms with van der Waals surface area (Å²) in [6, 6.07) is 11.9. The van der Waals surface area contributed by atoms with Crippen LogP contribution in [0.5, 0.6) is 11.5 Å². The summed E-state index contributed by atoms with van der Waals surface area (Å²) in [6.45, 7) is 0.408. The van der Waals surface area contributed by atoms with E-state index in [4.69, 9.17) is 37.2 Å². The number of benzene rings is 2. The molecule has 8 heteroatoms. The maximum Gasteiger partial charge on any atom is 0.253 e. The highest BCUT2D eigenvalue weighted by molar-refractivity contribution is 6.36. The summed E-state index contributed by atoms with van der Waals surface area (Å²) in [5, 5.41) is 7.48. The largest absolute Gasteiger partial charge is 0.454 e. The standard InChI is InChI=1S/C18H12Cl2N2O4/c19-11-2-3-13(14(20)6-11)18(23)21-8-12-7-16(26-22-12)10-1-4-15-17(5-10)25-9-24-15/h1-7H,8-9H2,(H,21,23). The molecule has 26 heavy (non-hydrogen) atoms. The topological polar surface area (TPSA) is 73.6 Å². The van der Waals surface area contributed by atoms with Gasteiger partial charge in [-0.3, -0.25) is 4.79 Å². The predicted molar refractivity (Wildman–Crippen MR) is 95.7 cm³/mol. The molecule has 0 spiro atoms. The van der Waals surface area contributed by atoms with Gasteiger partial charge in [0.2, 0.25) is 6.79 Å². The van der Waals surface area contributed by atoms with Crippen molar-refractivity contribution >= 4 is 29.1 Å². The molecule has 0 saturated carbocycles. The van der Waals surface area contributed by atoms with E-state index in [2.05, 4.69) is 10.5 Å². The molecule has 132 valence electrons. The number of halogens is 2. The van der Waals surface area contributed by atoms with Crippen LogP contribution in [0.15, 0.2) is 47.0 Å². The van der Waals surface area contributed by atoms with E-state index in [1.54, 1.807) is 18.2 Å². The van der Waals surface area contributed by atoms with Crippen molar-refractivity contribution < 1.29 is 18.8 Å². The maximum absolute atomic E-state index is 12.2. The average Bonchev–Trinajstić information content (AvgIpc) is 3.28. The van der Waals surface area contributed by atoms with Crippen LogP contribution >= 0.6 is 23.2 Å². The Bertz CT molecular complexity index is 987. The van der Waals surface area contributed by atoms with Gasteiger partial charge in [0.1, 0.15) is 5.69 Å². The Hall–Kier alpha value is -2.70. The van der Waals surface area contributed by atoms with Crippen LogP contribution in [-0.2, 0) is 6.54 Å². The van der Waals surface area contributed by atoms with Crippen LogP contribution in [0, 0.1) is 0 Å². The summed E-state index contributed by atoms with van der Waals surface area (Å²) < 4.78 is 16.0. The van der Waals surface area contributed by atoms with Gasteiger partial charge in [-0.05, 0) is 36.4 Å². The fraction of sp³-hybridized carbons (Fsp3) is 0.111. The molecule has 0 bridgehead atoms. The molecule has 1 aliphatic rings. The van der Waals surface area contributed by atoms with E-state index in [0.717, 1.165) is 5.56 Å². The number of fused-ring (bicyclic) bond motifs is 1. The zero-order chi connectivity index (χ0) is 18.1. The third kappa shape index (κ3) is 3.34. The summed E-state index contributed by atoms with van der Waals surface area (Å²) >= 11 is 11.9. The fourth-order valence-electron chi connectivity index (χ4n) is 2.52. The number of ether oxygens (including phenoxy) is 2. The van der Waals surface area contributed by atoms with Crippen LogP contribution in [-0.4, -0.2) is 17.9 Å². The quantitative estimate of drug-likeness (QED) is 0.718. The van der Waals surface area contributed by atoms with Gasteiger partial charge in [0, 0.05) is 16.7 Å². The van der Waals surface area contributed by atoms with Gasteiger partial charge in [-0.25, -0.2) is 0 Å². The minimum absolute atomic E-state index is 0.200. The molecule has 0 unspecified atom stereocenters. The second kappa shape index (κ2) is 6.90. The smallest absolute Gasteiger partial charge is 0.253 e. The molecule has 1 amide bonds. The molecule has 0 radical (unpaired) electrons. The van der Waals surface area contributed by atoms with Crippen LogP contribution in [0.2, 0.25) is 10.0 Å². The Labute approximate surface area is 158 Å². The van der Waals surface area contributed by atoms with Gasteiger partial charge in [-0.1, -0.05) is 28.4 Å². The van der Waals surface area contributed by atoms with E-state index < -0.39 is 0 Å². The molecule has 3 aromatic rings. The molecule has 0 saturated heterocycles. The molecule has 4 rings (SSSR count). The minimum Gasteiger partial charge on any atom is -0.454 e. The number of hydrogen-bond acceptors (Lipinski definition) is 5. The molecule has 0 fully saturated rings. The van der Waals surface area contributed by atoms with Crippen molar-refractivity contribution in [1.29, 1.82) is 0 Å². The van der Waals surface area contributed by atoms with Gasteiger partial charge in [0.05, 0.1) is 17.1 Å². The third-order valence-electron chi connectivity index (χ3n) is 3.82. The normalized spacial score (nSPS) is 12.2. The van der Waals surface area contributed by atoms with Crippen LogP contribution in [0.4, 0.5) is 0 Å². The molecule has 2 aromatic carbocycles. The highest BCUT2D eigenvalue weighted by atomic mass is 35.5. The second-order valence-corrected chi connectivity index (χ2v) is 6.40. The maximum atomic E-state index is 12.2. The van der Waals surface area contributed by atoms with E-state index in [-0.39, 0.29) is 24.3 Å². The number of amides is 1. The molecule has 6 nitrogen and oxygen atoms in total. The fourth-order valence-corrected chi connectivity index (χ4v) is 3.01. The highest BCUT2D eigenvalue weighted by Gasteiger charge is 2.16. The number of nitrogens with one attached hydrogen (secondary N) is 1. The van der Waals surface area contributed by atoms with Crippen LogP contribution in [0.1, 0.15) is 16.1 Å². The molecular weight excluding hydrogens is 379 g/mol. The van der Waals surface area contributed by atoms with Gasteiger partial charge in [-0.2, -0.15) is 0 Å². The number of hydrogen-bond donors (Lipinski definition) is 1. The molecule has 1 aliphatic heterocycles.